The Morgan fingerprint density at radius 1 is 1.33 bits per heavy atom. The van der Waals surface area contributed by atoms with E-state index in [-0.39, 0.29) is 18.2 Å². The predicted octanol–water partition coefficient (Wildman–Crippen LogP) is 1.93. The third-order valence-electron chi connectivity index (χ3n) is 4.30. The summed E-state index contributed by atoms with van der Waals surface area (Å²) in [5.74, 6) is 1.68. The molecular weight excluding hydrogens is 306 g/mol. The maximum atomic E-state index is 12.6. The van der Waals surface area contributed by atoms with Gasteiger partial charge in [-0.3, -0.25) is 14.5 Å². The molecule has 1 aromatic heterocycles. The lowest BCUT2D eigenvalue weighted by atomic mass is 10.1. The van der Waals surface area contributed by atoms with Crippen molar-refractivity contribution in [2.45, 2.75) is 52.6 Å². The van der Waals surface area contributed by atoms with Gasteiger partial charge in [-0.25, -0.2) is 0 Å². The second kappa shape index (κ2) is 8.87. The Labute approximate surface area is 144 Å². The van der Waals surface area contributed by atoms with E-state index in [1.54, 1.807) is 0 Å². The number of carbonyl (C=O) groups excluding carboxylic acids is 2. The van der Waals surface area contributed by atoms with Gasteiger partial charge in [0.2, 0.25) is 11.8 Å². The summed E-state index contributed by atoms with van der Waals surface area (Å²) in [5, 5.41) is 2.88. The predicted molar refractivity (Wildman–Crippen MR) is 92.4 cm³/mol. The van der Waals surface area contributed by atoms with Crippen LogP contribution >= 0.6 is 0 Å². The molecule has 0 aliphatic carbocycles. The third kappa shape index (κ3) is 4.84. The summed E-state index contributed by atoms with van der Waals surface area (Å²) in [6.07, 6.45) is 2.08. The van der Waals surface area contributed by atoms with E-state index < -0.39 is 6.04 Å². The Kier molecular flexibility index (Phi) is 6.85. The van der Waals surface area contributed by atoms with Gasteiger partial charge in [-0.2, -0.15) is 0 Å². The number of carbonyl (C=O) groups is 2. The Balaban J connectivity index is 2.04. The molecule has 134 valence electrons. The van der Waals surface area contributed by atoms with Crippen molar-refractivity contribution in [1.29, 1.82) is 0 Å². The molecule has 1 N–H and O–H groups in total. The van der Waals surface area contributed by atoms with Crippen LogP contribution in [0.2, 0.25) is 0 Å². The molecule has 1 saturated heterocycles. The van der Waals surface area contributed by atoms with Crippen LogP contribution in [0.25, 0.3) is 0 Å². The number of piperazine rings is 1. The Hall–Kier alpha value is -1.82. The summed E-state index contributed by atoms with van der Waals surface area (Å²) >= 11 is 0. The molecule has 1 fully saturated rings. The van der Waals surface area contributed by atoms with Crippen molar-refractivity contribution in [1.82, 2.24) is 15.1 Å². The summed E-state index contributed by atoms with van der Waals surface area (Å²) in [5.41, 5.74) is 0. The van der Waals surface area contributed by atoms with E-state index in [1.807, 2.05) is 28.9 Å². The van der Waals surface area contributed by atoms with E-state index in [0.717, 1.165) is 44.0 Å². The van der Waals surface area contributed by atoms with Crippen LogP contribution in [0.1, 0.15) is 44.6 Å². The van der Waals surface area contributed by atoms with Crippen molar-refractivity contribution < 1.29 is 14.0 Å². The molecule has 0 unspecified atom stereocenters. The van der Waals surface area contributed by atoms with Crippen LogP contribution in [0.3, 0.4) is 0 Å². The van der Waals surface area contributed by atoms with Gasteiger partial charge in [0, 0.05) is 26.2 Å². The zero-order valence-corrected chi connectivity index (χ0v) is 15.0. The van der Waals surface area contributed by atoms with Gasteiger partial charge < -0.3 is 14.6 Å². The van der Waals surface area contributed by atoms with Gasteiger partial charge in [-0.05, 0) is 31.9 Å². The lowest BCUT2D eigenvalue weighted by molar-refractivity contribution is -0.139. The van der Waals surface area contributed by atoms with Crippen molar-refractivity contribution >= 4 is 11.8 Å². The van der Waals surface area contributed by atoms with Crippen molar-refractivity contribution in [2.75, 3.05) is 26.2 Å². The SMILES string of the molecule is CCCN(CCC)C(=O)C[C@H]1C(=O)NCCN1Cc1ccc(C)o1. The zero-order valence-electron chi connectivity index (χ0n) is 15.0. The molecule has 2 rings (SSSR count). The number of nitrogens with zero attached hydrogens (tertiary/aromatic N) is 2. The molecular formula is C18H29N3O3. The van der Waals surface area contributed by atoms with Crippen LogP contribution in [-0.2, 0) is 16.1 Å². The van der Waals surface area contributed by atoms with Gasteiger partial charge in [-0.15, -0.1) is 0 Å². The molecule has 6 heteroatoms. The third-order valence-corrected chi connectivity index (χ3v) is 4.30. The average Bonchev–Trinajstić information content (AvgIpc) is 2.95. The highest BCUT2D eigenvalue weighted by atomic mass is 16.3. The van der Waals surface area contributed by atoms with Gasteiger partial charge in [0.25, 0.3) is 0 Å². The summed E-state index contributed by atoms with van der Waals surface area (Å²) in [4.78, 5) is 28.9. The lowest BCUT2D eigenvalue weighted by Gasteiger charge is -2.35. The highest BCUT2D eigenvalue weighted by molar-refractivity contribution is 5.88. The molecule has 2 heterocycles. The first kappa shape index (κ1) is 18.5. The minimum Gasteiger partial charge on any atom is -0.465 e. The molecule has 6 nitrogen and oxygen atoms in total. The maximum Gasteiger partial charge on any atom is 0.237 e. The average molecular weight is 335 g/mol. The molecule has 0 bridgehead atoms. The fraction of sp³-hybridized carbons (Fsp3) is 0.667. The van der Waals surface area contributed by atoms with Crippen molar-refractivity contribution in [3.63, 3.8) is 0 Å². The minimum absolute atomic E-state index is 0.0568. The van der Waals surface area contributed by atoms with E-state index in [2.05, 4.69) is 19.2 Å². The molecule has 1 atom stereocenters. The second-order valence-electron chi connectivity index (χ2n) is 6.37. The van der Waals surface area contributed by atoms with Crippen molar-refractivity contribution in [3.8, 4) is 0 Å². The molecule has 1 aliphatic heterocycles. The largest absolute Gasteiger partial charge is 0.465 e. The van der Waals surface area contributed by atoms with Crippen LogP contribution < -0.4 is 5.32 Å². The summed E-state index contributed by atoms with van der Waals surface area (Å²) in [6, 6.07) is 3.43. The van der Waals surface area contributed by atoms with E-state index >= 15 is 0 Å². The molecule has 1 aliphatic rings. The van der Waals surface area contributed by atoms with Crippen molar-refractivity contribution in [2.24, 2.45) is 0 Å². The first-order valence-electron chi connectivity index (χ1n) is 8.90. The highest BCUT2D eigenvalue weighted by Gasteiger charge is 2.33. The Bertz CT molecular complexity index is 549. The summed E-state index contributed by atoms with van der Waals surface area (Å²) < 4.78 is 5.63. The van der Waals surface area contributed by atoms with E-state index in [4.69, 9.17) is 4.42 Å². The Morgan fingerprint density at radius 3 is 2.62 bits per heavy atom. The molecule has 24 heavy (non-hydrogen) atoms. The molecule has 0 spiro atoms. The van der Waals surface area contributed by atoms with Crippen molar-refractivity contribution in [3.05, 3.63) is 23.7 Å². The number of aryl methyl sites for hydroxylation is 1. The monoisotopic (exact) mass is 335 g/mol. The zero-order chi connectivity index (χ0) is 17.5. The number of rotatable bonds is 8. The topological polar surface area (TPSA) is 65.8 Å². The molecule has 0 saturated carbocycles. The molecule has 0 aromatic carbocycles. The standard InChI is InChI=1S/C18H29N3O3/c1-4-9-20(10-5-2)17(22)12-16-18(23)19-8-11-21(16)13-15-7-6-14(3)24-15/h6-7,16H,4-5,8-13H2,1-3H3,(H,19,23)/t16-/m0/s1. The number of hydrogen-bond acceptors (Lipinski definition) is 4. The van der Waals surface area contributed by atoms with Crippen LogP contribution in [0, 0.1) is 6.92 Å². The van der Waals surface area contributed by atoms with E-state index in [0.29, 0.717) is 13.1 Å². The van der Waals surface area contributed by atoms with Crippen LogP contribution in [0.5, 0.6) is 0 Å². The fourth-order valence-electron chi connectivity index (χ4n) is 3.14. The van der Waals surface area contributed by atoms with E-state index in [9.17, 15) is 9.59 Å². The minimum atomic E-state index is -0.423. The Morgan fingerprint density at radius 2 is 2.04 bits per heavy atom. The summed E-state index contributed by atoms with van der Waals surface area (Å²) in [7, 11) is 0. The first-order chi connectivity index (χ1) is 11.5. The molecule has 1 aromatic rings. The summed E-state index contributed by atoms with van der Waals surface area (Å²) in [6.45, 7) is 9.42. The lowest BCUT2D eigenvalue weighted by Crippen LogP contribution is -2.56. The number of amides is 2. The van der Waals surface area contributed by atoms with Gasteiger partial charge in [0.1, 0.15) is 11.5 Å². The molecule has 0 radical (unpaired) electrons. The fourth-order valence-corrected chi connectivity index (χ4v) is 3.14. The van der Waals surface area contributed by atoms with Crippen LogP contribution in [-0.4, -0.2) is 53.8 Å². The second-order valence-corrected chi connectivity index (χ2v) is 6.37. The smallest absolute Gasteiger partial charge is 0.237 e. The van der Waals surface area contributed by atoms with Crippen LogP contribution in [0.4, 0.5) is 0 Å². The number of furan rings is 1. The highest BCUT2D eigenvalue weighted by Crippen LogP contribution is 2.17. The first-order valence-corrected chi connectivity index (χ1v) is 8.90. The van der Waals surface area contributed by atoms with Gasteiger partial charge in [0.05, 0.1) is 19.0 Å². The van der Waals surface area contributed by atoms with Gasteiger partial charge >= 0.3 is 0 Å². The molecule has 2 amide bonds. The van der Waals surface area contributed by atoms with E-state index in [1.165, 1.54) is 0 Å². The van der Waals surface area contributed by atoms with Crippen LogP contribution in [0.15, 0.2) is 16.5 Å². The van der Waals surface area contributed by atoms with Gasteiger partial charge in [-0.1, -0.05) is 13.8 Å². The maximum absolute atomic E-state index is 12.6. The quantitative estimate of drug-likeness (QED) is 0.788. The number of nitrogens with one attached hydrogen (secondary N) is 1. The number of hydrogen-bond donors (Lipinski definition) is 1. The normalized spacial score (nSPS) is 18.5. The van der Waals surface area contributed by atoms with Gasteiger partial charge in [0.15, 0.2) is 0 Å².